The number of primary amides is 1. The summed E-state index contributed by atoms with van der Waals surface area (Å²) in [6, 6.07) is 0. The standard InChI is InChI=1S/C7H13NO3/c1-5(7(8)11)2-3-6(10)4-9/h2,6,9-10H,3-4H2,1H3,(H2,8,11). The smallest absolute Gasteiger partial charge is 0.244 e. The Morgan fingerprint density at radius 1 is 1.73 bits per heavy atom. The molecule has 0 saturated heterocycles. The van der Waals surface area contributed by atoms with Crippen LogP contribution in [0.4, 0.5) is 0 Å². The minimum absolute atomic E-state index is 0.255. The van der Waals surface area contributed by atoms with E-state index in [1.54, 1.807) is 6.92 Å². The van der Waals surface area contributed by atoms with Crippen molar-refractivity contribution < 1.29 is 15.0 Å². The van der Waals surface area contributed by atoms with Gasteiger partial charge < -0.3 is 15.9 Å². The Bertz CT molecular complexity index is 165. The van der Waals surface area contributed by atoms with Gasteiger partial charge in [0.1, 0.15) is 0 Å². The number of hydrogen-bond donors (Lipinski definition) is 3. The van der Waals surface area contributed by atoms with Crippen molar-refractivity contribution in [3.05, 3.63) is 11.6 Å². The lowest BCUT2D eigenvalue weighted by molar-refractivity contribution is -0.114. The molecule has 0 aliphatic heterocycles. The predicted octanol–water partition coefficient (Wildman–Crippen LogP) is -0.839. The Hall–Kier alpha value is -0.870. The monoisotopic (exact) mass is 159 g/mol. The highest BCUT2D eigenvalue weighted by atomic mass is 16.3. The van der Waals surface area contributed by atoms with Crippen LogP contribution in [-0.4, -0.2) is 28.8 Å². The number of nitrogens with two attached hydrogens (primary N) is 1. The van der Waals surface area contributed by atoms with Gasteiger partial charge >= 0.3 is 0 Å². The van der Waals surface area contributed by atoms with E-state index in [0.717, 1.165) is 0 Å². The van der Waals surface area contributed by atoms with Gasteiger partial charge in [0.2, 0.25) is 5.91 Å². The van der Waals surface area contributed by atoms with E-state index < -0.39 is 12.0 Å². The first kappa shape index (κ1) is 10.1. The summed E-state index contributed by atoms with van der Waals surface area (Å²) in [5, 5.41) is 17.2. The maximum Gasteiger partial charge on any atom is 0.244 e. The maximum atomic E-state index is 10.4. The second-order valence-electron chi connectivity index (χ2n) is 2.32. The van der Waals surface area contributed by atoms with E-state index in [0.29, 0.717) is 5.57 Å². The van der Waals surface area contributed by atoms with Gasteiger partial charge in [0.15, 0.2) is 0 Å². The Labute approximate surface area is 65.3 Å². The largest absolute Gasteiger partial charge is 0.394 e. The van der Waals surface area contributed by atoms with E-state index in [9.17, 15) is 4.79 Å². The molecule has 1 unspecified atom stereocenters. The molecule has 0 radical (unpaired) electrons. The molecule has 0 aliphatic carbocycles. The zero-order valence-corrected chi connectivity index (χ0v) is 6.45. The number of rotatable bonds is 4. The Kier molecular flexibility index (Phi) is 4.49. The van der Waals surface area contributed by atoms with E-state index in [1.165, 1.54) is 6.08 Å². The lowest BCUT2D eigenvalue weighted by atomic mass is 10.2. The van der Waals surface area contributed by atoms with Crippen molar-refractivity contribution in [1.82, 2.24) is 0 Å². The third-order valence-corrected chi connectivity index (χ3v) is 1.30. The molecule has 0 heterocycles. The van der Waals surface area contributed by atoms with Gasteiger partial charge in [-0.25, -0.2) is 0 Å². The summed E-state index contributed by atoms with van der Waals surface area (Å²) in [4.78, 5) is 10.4. The van der Waals surface area contributed by atoms with Crippen molar-refractivity contribution in [2.75, 3.05) is 6.61 Å². The van der Waals surface area contributed by atoms with Crippen molar-refractivity contribution in [1.29, 1.82) is 0 Å². The van der Waals surface area contributed by atoms with Crippen LogP contribution in [0, 0.1) is 0 Å². The average Bonchev–Trinajstić information content (AvgIpc) is 1.99. The summed E-state index contributed by atoms with van der Waals surface area (Å²) in [7, 11) is 0. The molecular formula is C7H13NO3. The van der Waals surface area contributed by atoms with E-state index >= 15 is 0 Å². The fraction of sp³-hybridized carbons (Fsp3) is 0.571. The third kappa shape index (κ3) is 4.52. The quantitative estimate of drug-likeness (QED) is 0.468. The van der Waals surface area contributed by atoms with Crippen LogP contribution in [0.5, 0.6) is 0 Å². The number of amides is 1. The van der Waals surface area contributed by atoms with Crippen molar-refractivity contribution in [3.63, 3.8) is 0 Å². The predicted molar refractivity (Wildman–Crippen MR) is 40.7 cm³/mol. The van der Waals surface area contributed by atoms with Crippen molar-refractivity contribution in [3.8, 4) is 0 Å². The van der Waals surface area contributed by atoms with Gasteiger partial charge in [0, 0.05) is 5.57 Å². The summed E-state index contributed by atoms with van der Waals surface area (Å²) in [6.07, 6.45) is 0.957. The summed E-state index contributed by atoms with van der Waals surface area (Å²) in [5.74, 6) is -0.505. The number of aliphatic hydroxyl groups excluding tert-OH is 2. The molecular weight excluding hydrogens is 146 g/mol. The third-order valence-electron chi connectivity index (χ3n) is 1.30. The van der Waals surface area contributed by atoms with E-state index in [1.807, 2.05) is 0 Å². The van der Waals surface area contributed by atoms with Gasteiger partial charge in [-0.1, -0.05) is 6.08 Å². The average molecular weight is 159 g/mol. The highest BCUT2D eigenvalue weighted by Gasteiger charge is 2.00. The fourth-order valence-corrected chi connectivity index (χ4v) is 0.488. The second-order valence-corrected chi connectivity index (χ2v) is 2.32. The molecule has 64 valence electrons. The van der Waals surface area contributed by atoms with Crippen LogP contribution in [0.3, 0.4) is 0 Å². The lowest BCUT2D eigenvalue weighted by Crippen LogP contribution is -2.14. The Morgan fingerprint density at radius 2 is 2.27 bits per heavy atom. The number of carbonyl (C=O) groups excluding carboxylic acids is 1. The Morgan fingerprint density at radius 3 is 2.64 bits per heavy atom. The van der Waals surface area contributed by atoms with Crippen LogP contribution in [-0.2, 0) is 4.79 Å². The van der Waals surface area contributed by atoms with Gasteiger partial charge in [-0.15, -0.1) is 0 Å². The molecule has 0 saturated carbocycles. The molecule has 0 aliphatic rings. The van der Waals surface area contributed by atoms with Crippen LogP contribution in [0.25, 0.3) is 0 Å². The SMILES string of the molecule is CC(=CCC(O)CO)C(N)=O. The molecule has 0 spiro atoms. The van der Waals surface area contributed by atoms with Crippen LogP contribution in [0.2, 0.25) is 0 Å². The van der Waals surface area contributed by atoms with Gasteiger partial charge in [0.05, 0.1) is 12.7 Å². The Balaban J connectivity index is 3.82. The normalized spacial score (nSPS) is 14.6. The minimum atomic E-state index is -0.802. The van der Waals surface area contributed by atoms with Crippen LogP contribution in [0.15, 0.2) is 11.6 Å². The zero-order valence-electron chi connectivity index (χ0n) is 6.45. The highest BCUT2D eigenvalue weighted by Crippen LogP contribution is 1.97. The molecule has 4 heteroatoms. The van der Waals surface area contributed by atoms with Gasteiger partial charge in [-0.05, 0) is 13.3 Å². The lowest BCUT2D eigenvalue weighted by Gasteiger charge is -2.02. The molecule has 0 aromatic carbocycles. The molecule has 0 bridgehead atoms. The summed E-state index contributed by atoms with van der Waals surface area (Å²) in [5.41, 5.74) is 5.31. The highest BCUT2D eigenvalue weighted by molar-refractivity contribution is 5.91. The molecule has 11 heavy (non-hydrogen) atoms. The van der Waals surface area contributed by atoms with Crippen LogP contribution in [0.1, 0.15) is 13.3 Å². The molecule has 0 fully saturated rings. The molecule has 0 rings (SSSR count). The molecule has 4 N–H and O–H groups in total. The number of aliphatic hydroxyl groups is 2. The first-order valence-electron chi connectivity index (χ1n) is 3.33. The molecule has 0 aromatic rings. The van der Waals surface area contributed by atoms with Gasteiger partial charge in [-0.2, -0.15) is 0 Å². The van der Waals surface area contributed by atoms with E-state index in [4.69, 9.17) is 15.9 Å². The van der Waals surface area contributed by atoms with E-state index in [2.05, 4.69) is 0 Å². The first-order valence-corrected chi connectivity index (χ1v) is 3.33. The van der Waals surface area contributed by atoms with Crippen molar-refractivity contribution >= 4 is 5.91 Å². The molecule has 1 atom stereocenters. The summed E-state index contributed by atoms with van der Waals surface area (Å²) < 4.78 is 0. The number of carbonyl (C=O) groups is 1. The van der Waals surface area contributed by atoms with Gasteiger partial charge in [-0.3, -0.25) is 4.79 Å². The second kappa shape index (κ2) is 4.87. The van der Waals surface area contributed by atoms with Crippen LogP contribution >= 0.6 is 0 Å². The van der Waals surface area contributed by atoms with Crippen molar-refractivity contribution in [2.45, 2.75) is 19.4 Å². The summed E-state index contributed by atoms with van der Waals surface area (Å²) >= 11 is 0. The van der Waals surface area contributed by atoms with Gasteiger partial charge in [0.25, 0.3) is 0 Å². The maximum absolute atomic E-state index is 10.4. The summed E-state index contributed by atoms with van der Waals surface area (Å²) in [6.45, 7) is 1.26. The number of hydrogen-bond acceptors (Lipinski definition) is 3. The van der Waals surface area contributed by atoms with E-state index in [-0.39, 0.29) is 13.0 Å². The fourth-order valence-electron chi connectivity index (χ4n) is 0.488. The zero-order chi connectivity index (χ0) is 8.85. The molecule has 0 aromatic heterocycles. The topological polar surface area (TPSA) is 83.6 Å². The molecule has 1 amide bonds. The molecule has 4 nitrogen and oxygen atoms in total. The van der Waals surface area contributed by atoms with Crippen LogP contribution < -0.4 is 5.73 Å². The van der Waals surface area contributed by atoms with Crippen molar-refractivity contribution in [2.24, 2.45) is 5.73 Å². The first-order chi connectivity index (χ1) is 5.07. The minimum Gasteiger partial charge on any atom is -0.394 e.